The Morgan fingerprint density at radius 3 is 2.12 bits per heavy atom. The predicted molar refractivity (Wildman–Crippen MR) is 70.1 cm³/mol. The molecule has 0 aromatic carbocycles. The smallest absolute Gasteiger partial charge is 0.223 e. The van der Waals surface area contributed by atoms with E-state index in [1.54, 1.807) is 0 Å². The van der Waals surface area contributed by atoms with Crippen molar-refractivity contribution in [2.24, 2.45) is 5.41 Å². The molecular formula is C13H23N3O. The molecule has 1 rings (SSSR count). The minimum absolute atomic E-state index is 0.0684. The second kappa shape index (κ2) is 5.96. The van der Waals surface area contributed by atoms with Gasteiger partial charge in [0.15, 0.2) is 0 Å². The van der Waals surface area contributed by atoms with Crippen molar-refractivity contribution in [3.63, 3.8) is 0 Å². The Morgan fingerprint density at radius 2 is 1.71 bits per heavy atom. The zero-order chi connectivity index (χ0) is 12.9. The van der Waals surface area contributed by atoms with Gasteiger partial charge in [-0.3, -0.25) is 0 Å². The van der Waals surface area contributed by atoms with Crippen LogP contribution in [0.15, 0.2) is 6.07 Å². The van der Waals surface area contributed by atoms with Gasteiger partial charge in [-0.15, -0.1) is 0 Å². The van der Waals surface area contributed by atoms with Gasteiger partial charge in [0, 0.05) is 23.3 Å². The van der Waals surface area contributed by atoms with Gasteiger partial charge >= 0.3 is 0 Å². The Kier molecular flexibility index (Phi) is 4.87. The predicted octanol–water partition coefficient (Wildman–Crippen LogP) is 2.30. The van der Waals surface area contributed by atoms with E-state index in [1.807, 2.05) is 19.9 Å². The molecule has 0 amide bonds. The number of rotatable bonds is 6. The fourth-order valence-electron chi connectivity index (χ4n) is 1.85. The maximum atomic E-state index is 9.48. The molecule has 17 heavy (non-hydrogen) atoms. The molecule has 0 atom stereocenters. The van der Waals surface area contributed by atoms with Gasteiger partial charge < -0.3 is 10.4 Å². The molecule has 0 saturated carbocycles. The van der Waals surface area contributed by atoms with E-state index >= 15 is 0 Å². The van der Waals surface area contributed by atoms with Crippen LogP contribution in [0.25, 0.3) is 0 Å². The molecule has 1 heterocycles. The molecule has 1 aromatic heterocycles. The number of aliphatic hydroxyl groups is 1. The molecule has 0 bridgehead atoms. The van der Waals surface area contributed by atoms with Gasteiger partial charge in [-0.25, -0.2) is 9.97 Å². The maximum Gasteiger partial charge on any atom is 0.223 e. The molecule has 0 saturated heterocycles. The molecule has 0 fully saturated rings. The first-order valence-corrected chi connectivity index (χ1v) is 6.22. The van der Waals surface area contributed by atoms with Crippen LogP contribution < -0.4 is 5.32 Å². The molecule has 0 aliphatic heterocycles. The Bertz CT molecular complexity index is 333. The van der Waals surface area contributed by atoms with Crippen LogP contribution in [-0.2, 0) is 0 Å². The Hall–Kier alpha value is -1.16. The van der Waals surface area contributed by atoms with E-state index in [0.717, 1.165) is 24.2 Å². The summed E-state index contributed by atoms with van der Waals surface area (Å²) in [5.41, 5.74) is 1.85. The third-order valence-electron chi connectivity index (χ3n) is 3.44. The van der Waals surface area contributed by atoms with Crippen LogP contribution in [0.2, 0.25) is 0 Å². The Labute approximate surface area is 103 Å². The number of aliphatic hydroxyl groups excluding tert-OH is 1. The summed E-state index contributed by atoms with van der Waals surface area (Å²) in [5, 5.41) is 12.7. The highest BCUT2D eigenvalue weighted by atomic mass is 16.3. The van der Waals surface area contributed by atoms with E-state index in [1.165, 1.54) is 0 Å². The van der Waals surface area contributed by atoms with Gasteiger partial charge in [-0.1, -0.05) is 13.8 Å². The summed E-state index contributed by atoms with van der Waals surface area (Å²) in [4.78, 5) is 8.67. The lowest BCUT2D eigenvalue weighted by molar-refractivity contribution is 0.127. The Balaban J connectivity index is 2.71. The van der Waals surface area contributed by atoms with Gasteiger partial charge in [0.2, 0.25) is 5.95 Å². The van der Waals surface area contributed by atoms with Gasteiger partial charge in [0.05, 0.1) is 6.61 Å². The largest absolute Gasteiger partial charge is 0.396 e. The average Bonchev–Trinajstić information content (AvgIpc) is 2.30. The van der Waals surface area contributed by atoms with Crippen molar-refractivity contribution in [2.75, 3.05) is 18.5 Å². The number of nitrogens with one attached hydrogen (secondary N) is 1. The lowest BCUT2D eigenvalue weighted by Crippen LogP contribution is -2.32. The molecule has 4 heteroatoms. The van der Waals surface area contributed by atoms with E-state index in [9.17, 15) is 5.11 Å². The van der Waals surface area contributed by atoms with Crippen molar-refractivity contribution < 1.29 is 5.11 Å². The van der Waals surface area contributed by atoms with Crippen molar-refractivity contribution in [3.8, 4) is 0 Å². The van der Waals surface area contributed by atoms with Crippen LogP contribution in [0.1, 0.15) is 38.1 Å². The zero-order valence-corrected chi connectivity index (χ0v) is 11.2. The van der Waals surface area contributed by atoms with Crippen molar-refractivity contribution in [1.29, 1.82) is 0 Å². The second-order valence-corrected chi connectivity index (χ2v) is 4.69. The molecule has 1 aromatic rings. The van der Waals surface area contributed by atoms with Crippen molar-refractivity contribution in [3.05, 3.63) is 17.5 Å². The van der Waals surface area contributed by atoms with Crippen molar-refractivity contribution in [2.45, 2.75) is 40.5 Å². The van der Waals surface area contributed by atoms with Gasteiger partial charge in [-0.2, -0.15) is 0 Å². The molecule has 0 spiro atoms. The average molecular weight is 237 g/mol. The molecular weight excluding hydrogens is 214 g/mol. The summed E-state index contributed by atoms with van der Waals surface area (Å²) >= 11 is 0. The van der Waals surface area contributed by atoms with Crippen LogP contribution in [0.4, 0.5) is 5.95 Å². The summed E-state index contributed by atoms with van der Waals surface area (Å²) in [6, 6.07) is 1.95. The van der Waals surface area contributed by atoms with Crippen LogP contribution >= 0.6 is 0 Å². The third-order valence-corrected chi connectivity index (χ3v) is 3.44. The first-order valence-electron chi connectivity index (χ1n) is 6.22. The molecule has 96 valence electrons. The SMILES string of the molecule is CCC(CC)(CO)CNc1nc(C)cc(C)n1. The standard InChI is InChI=1S/C13H23N3O/c1-5-13(6-2,9-17)8-14-12-15-10(3)7-11(4)16-12/h7,17H,5-6,8-9H2,1-4H3,(H,14,15,16). The fourth-order valence-corrected chi connectivity index (χ4v) is 1.85. The second-order valence-electron chi connectivity index (χ2n) is 4.69. The fraction of sp³-hybridized carbons (Fsp3) is 0.692. The summed E-state index contributed by atoms with van der Waals surface area (Å²) in [5.74, 6) is 0.655. The van der Waals surface area contributed by atoms with E-state index in [2.05, 4.69) is 29.1 Å². The summed E-state index contributed by atoms with van der Waals surface area (Å²) in [7, 11) is 0. The zero-order valence-electron chi connectivity index (χ0n) is 11.2. The molecule has 0 aliphatic rings. The van der Waals surface area contributed by atoms with E-state index in [-0.39, 0.29) is 12.0 Å². The minimum Gasteiger partial charge on any atom is -0.396 e. The normalized spacial score (nSPS) is 11.6. The van der Waals surface area contributed by atoms with Crippen molar-refractivity contribution >= 4 is 5.95 Å². The number of anilines is 1. The van der Waals surface area contributed by atoms with Crippen LogP contribution in [0.3, 0.4) is 0 Å². The highest BCUT2D eigenvalue weighted by molar-refractivity contribution is 5.28. The van der Waals surface area contributed by atoms with Gasteiger partial charge in [-0.05, 0) is 32.8 Å². The Morgan fingerprint density at radius 1 is 1.18 bits per heavy atom. The third kappa shape index (κ3) is 3.66. The molecule has 4 nitrogen and oxygen atoms in total. The first kappa shape index (κ1) is 13.9. The molecule has 0 radical (unpaired) electrons. The minimum atomic E-state index is -0.0684. The number of hydrogen-bond donors (Lipinski definition) is 2. The van der Waals surface area contributed by atoms with Crippen LogP contribution in [0.5, 0.6) is 0 Å². The summed E-state index contributed by atoms with van der Waals surface area (Å²) in [6.45, 7) is 9.02. The van der Waals surface area contributed by atoms with E-state index < -0.39 is 0 Å². The van der Waals surface area contributed by atoms with Crippen LogP contribution in [-0.4, -0.2) is 28.2 Å². The van der Waals surface area contributed by atoms with Gasteiger partial charge in [0.1, 0.15) is 0 Å². The number of aryl methyl sites for hydroxylation is 2. The topological polar surface area (TPSA) is 58.0 Å². The molecule has 0 unspecified atom stereocenters. The number of nitrogens with zero attached hydrogens (tertiary/aromatic N) is 2. The van der Waals surface area contributed by atoms with E-state index in [0.29, 0.717) is 12.5 Å². The summed E-state index contributed by atoms with van der Waals surface area (Å²) in [6.07, 6.45) is 1.88. The number of hydrogen-bond acceptors (Lipinski definition) is 4. The lowest BCUT2D eigenvalue weighted by Gasteiger charge is -2.29. The monoisotopic (exact) mass is 237 g/mol. The highest BCUT2D eigenvalue weighted by Crippen LogP contribution is 2.25. The lowest BCUT2D eigenvalue weighted by atomic mass is 9.83. The van der Waals surface area contributed by atoms with E-state index in [4.69, 9.17) is 0 Å². The van der Waals surface area contributed by atoms with Crippen LogP contribution in [0, 0.1) is 19.3 Å². The summed E-state index contributed by atoms with van der Waals surface area (Å²) < 4.78 is 0. The molecule has 2 N–H and O–H groups in total. The first-order chi connectivity index (χ1) is 8.05. The maximum absolute atomic E-state index is 9.48. The number of aromatic nitrogens is 2. The highest BCUT2D eigenvalue weighted by Gasteiger charge is 2.25. The molecule has 0 aliphatic carbocycles. The van der Waals surface area contributed by atoms with Crippen molar-refractivity contribution in [1.82, 2.24) is 9.97 Å². The van der Waals surface area contributed by atoms with Gasteiger partial charge in [0.25, 0.3) is 0 Å². The quantitative estimate of drug-likeness (QED) is 0.797.